The minimum Gasteiger partial charge on any atom is -0.508 e. The van der Waals surface area contributed by atoms with Crippen LogP contribution in [0.15, 0.2) is 42.5 Å². The van der Waals surface area contributed by atoms with Gasteiger partial charge in [-0.1, -0.05) is 73.6 Å². The molecule has 0 aliphatic heterocycles. The Kier molecular flexibility index (Phi) is 12.3. The molecule has 0 bridgehead atoms. The van der Waals surface area contributed by atoms with Crippen molar-refractivity contribution in [2.45, 2.75) is 60.8 Å². The van der Waals surface area contributed by atoms with Crippen LogP contribution < -0.4 is 0 Å². The van der Waals surface area contributed by atoms with Gasteiger partial charge in [0.2, 0.25) is 0 Å². The molecule has 3 heteroatoms. The van der Waals surface area contributed by atoms with Crippen LogP contribution in [0.25, 0.3) is 0 Å². The zero-order valence-corrected chi connectivity index (χ0v) is 16.4. The highest BCUT2D eigenvalue weighted by Crippen LogP contribution is 2.36. The van der Waals surface area contributed by atoms with E-state index in [1.807, 2.05) is 67.5 Å². The summed E-state index contributed by atoms with van der Waals surface area (Å²) in [6.45, 7) is 16.0. The highest BCUT2D eigenvalue weighted by atomic mass is 16.3. The summed E-state index contributed by atoms with van der Waals surface area (Å²) in [5.41, 5.74) is 1.59. The Morgan fingerprint density at radius 1 is 0.583 bits per heavy atom. The van der Waals surface area contributed by atoms with Crippen molar-refractivity contribution in [2.24, 2.45) is 0 Å². The largest absolute Gasteiger partial charge is 0.508 e. The normalized spacial score (nSPS) is 9.33. The Bertz CT molecular complexity index is 558. The molecule has 136 valence electrons. The number of hydrogen-bond donors (Lipinski definition) is 3. The number of phenolic OH excluding ortho intramolecular Hbond substituents is 3. The fraction of sp³-hybridized carbons (Fsp3) is 0.429. The fourth-order valence-corrected chi connectivity index (χ4v) is 1.96. The van der Waals surface area contributed by atoms with E-state index in [2.05, 4.69) is 0 Å². The Hall–Kier alpha value is -2.16. The van der Waals surface area contributed by atoms with Crippen LogP contribution in [0, 0.1) is 0 Å². The molecule has 24 heavy (non-hydrogen) atoms. The second kappa shape index (κ2) is 12.3. The highest BCUT2D eigenvalue weighted by molar-refractivity contribution is 5.47. The van der Waals surface area contributed by atoms with Crippen molar-refractivity contribution >= 4 is 0 Å². The molecule has 0 spiro atoms. The molecule has 0 aliphatic rings. The number of benzene rings is 2. The van der Waals surface area contributed by atoms with Crippen LogP contribution in [0.4, 0.5) is 0 Å². The van der Waals surface area contributed by atoms with Gasteiger partial charge in [-0.25, -0.2) is 0 Å². The van der Waals surface area contributed by atoms with Crippen LogP contribution in [0.3, 0.4) is 0 Å². The second-order valence-electron chi connectivity index (χ2n) is 4.88. The smallest absolute Gasteiger partial charge is 0.157 e. The van der Waals surface area contributed by atoms with E-state index < -0.39 is 0 Å². The lowest BCUT2D eigenvalue weighted by molar-refractivity contribution is 0.402. The number of aromatic hydroxyl groups is 3. The minimum atomic E-state index is -0.321. The molecule has 0 heterocycles. The van der Waals surface area contributed by atoms with Crippen LogP contribution in [0.5, 0.6) is 17.2 Å². The predicted octanol–water partition coefficient (Wildman–Crippen LogP) is 6.21. The van der Waals surface area contributed by atoms with Crippen molar-refractivity contribution in [3.63, 3.8) is 0 Å². The summed E-state index contributed by atoms with van der Waals surface area (Å²) in [5, 5.41) is 28.2. The number of phenols is 3. The topological polar surface area (TPSA) is 60.7 Å². The molecule has 0 amide bonds. The lowest BCUT2D eigenvalue weighted by atomic mass is 9.78. The Morgan fingerprint density at radius 2 is 1.00 bits per heavy atom. The monoisotopic (exact) mass is 334 g/mol. The summed E-state index contributed by atoms with van der Waals surface area (Å²) < 4.78 is 0. The summed E-state index contributed by atoms with van der Waals surface area (Å²) >= 11 is 0. The minimum absolute atomic E-state index is 0.125. The maximum atomic E-state index is 9.56. The van der Waals surface area contributed by atoms with E-state index in [9.17, 15) is 15.3 Å². The summed E-state index contributed by atoms with van der Waals surface area (Å²) in [5.74, 6) is -0.0253. The van der Waals surface area contributed by atoms with Gasteiger partial charge < -0.3 is 15.3 Å². The third-order valence-corrected chi connectivity index (χ3v) is 3.29. The SMILES string of the molecule is CC.CC.CC.CC(C)(c1ccc(O)cc1)c1ccc(O)c(O)c1. The number of hydrogen-bond acceptors (Lipinski definition) is 3. The van der Waals surface area contributed by atoms with Crippen LogP contribution in [0.2, 0.25) is 0 Å². The van der Waals surface area contributed by atoms with E-state index in [1.54, 1.807) is 24.3 Å². The molecule has 0 unspecified atom stereocenters. The molecule has 0 atom stereocenters. The van der Waals surface area contributed by atoms with Crippen molar-refractivity contribution < 1.29 is 15.3 Å². The first-order valence-electron chi connectivity index (χ1n) is 8.73. The quantitative estimate of drug-likeness (QED) is 0.572. The maximum Gasteiger partial charge on any atom is 0.157 e. The lowest BCUT2D eigenvalue weighted by Gasteiger charge is -2.26. The zero-order chi connectivity index (χ0) is 19.3. The summed E-state index contributed by atoms with van der Waals surface area (Å²) in [6.07, 6.45) is 0. The van der Waals surface area contributed by atoms with E-state index in [0.29, 0.717) is 0 Å². The zero-order valence-electron chi connectivity index (χ0n) is 16.4. The molecule has 0 saturated heterocycles. The Balaban J connectivity index is 0. The molecule has 3 N–H and O–H groups in total. The maximum absolute atomic E-state index is 9.56. The van der Waals surface area contributed by atoms with Crippen LogP contribution in [0.1, 0.15) is 66.5 Å². The van der Waals surface area contributed by atoms with Crippen LogP contribution in [-0.4, -0.2) is 15.3 Å². The van der Waals surface area contributed by atoms with Crippen molar-refractivity contribution in [1.29, 1.82) is 0 Å². The molecule has 0 aromatic heterocycles. The average molecular weight is 335 g/mol. The van der Waals surface area contributed by atoms with Gasteiger partial charge in [-0.3, -0.25) is 0 Å². The summed E-state index contributed by atoms with van der Waals surface area (Å²) in [7, 11) is 0. The molecular weight excluding hydrogens is 300 g/mol. The van der Waals surface area contributed by atoms with Crippen molar-refractivity contribution in [3.05, 3.63) is 53.6 Å². The van der Waals surface area contributed by atoms with Crippen molar-refractivity contribution in [3.8, 4) is 17.2 Å². The van der Waals surface area contributed by atoms with Gasteiger partial charge in [0.05, 0.1) is 0 Å². The third-order valence-electron chi connectivity index (χ3n) is 3.29. The van der Waals surface area contributed by atoms with E-state index in [4.69, 9.17) is 0 Å². The van der Waals surface area contributed by atoms with Crippen molar-refractivity contribution in [2.75, 3.05) is 0 Å². The van der Waals surface area contributed by atoms with E-state index in [1.165, 1.54) is 6.07 Å². The number of rotatable bonds is 2. The first-order valence-corrected chi connectivity index (χ1v) is 8.73. The van der Waals surface area contributed by atoms with E-state index in [-0.39, 0.29) is 22.7 Å². The first-order chi connectivity index (χ1) is 11.4. The molecule has 3 nitrogen and oxygen atoms in total. The second-order valence-corrected chi connectivity index (χ2v) is 4.88. The lowest BCUT2D eigenvalue weighted by Crippen LogP contribution is -2.18. The van der Waals surface area contributed by atoms with Gasteiger partial charge in [0, 0.05) is 5.41 Å². The van der Waals surface area contributed by atoms with Gasteiger partial charge in [0.15, 0.2) is 11.5 Å². The Morgan fingerprint density at radius 3 is 1.42 bits per heavy atom. The molecule has 0 fully saturated rings. The molecule has 2 aromatic rings. The van der Waals surface area contributed by atoms with Gasteiger partial charge in [0.1, 0.15) is 5.75 Å². The van der Waals surface area contributed by atoms with Gasteiger partial charge in [0.25, 0.3) is 0 Å². The summed E-state index contributed by atoms with van der Waals surface area (Å²) in [4.78, 5) is 0. The molecule has 0 saturated carbocycles. The van der Waals surface area contributed by atoms with Gasteiger partial charge in [-0.05, 0) is 35.4 Å². The highest BCUT2D eigenvalue weighted by Gasteiger charge is 2.23. The van der Waals surface area contributed by atoms with E-state index in [0.717, 1.165) is 11.1 Å². The Labute approximate surface area is 147 Å². The molecule has 2 aromatic carbocycles. The van der Waals surface area contributed by atoms with Gasteiger partial charge >= 0.3 is 0 Å². The van der Waals surface area contributed by atoms with Crippen LogP contribution >= 0.6 is 0 Å². The summed E-state index contributed by atoms with van der Waals surface area (Å²) in [6, 6.07) is 11.8. The first kappa shape index (κ1) is 24.1. The molecular formula is C21H34O3. The third kappa shape index (κ3) is 6.53. The molecule has 2 rings (SSSR count). The van der Waals surface area contributed by atoms with Gasteiger partial charge in [-0.2, -0.15) is 0 Å². The molecule has 0 radical (unpaired) electrons. The average Bonchev–Trinajstić information content (AvgIpc) is 2.63. The molecule has 0 aliphatic carbocycles. The fourth-order valence-electron chi connectivity index (χ4n) is 1.96. The standard InChI is InChI=1S/C15H16O3.3C2H6/c1-15(2,10-3-6-12(16)7-4-10)11-5-8-13(17)14(18)9-11;3*1-2/h3-9,16-18H,1-2H3;3*1-2H3. The van der Waals surface area contributed by atoms with E-state index >= 15 is 0 Å². The van der Waals surface area contributed by atoms with Gasteiger partial charge in [-0.15, -0.1) is 0 Å². The van der Waals surface area contributed by atoms with Crippen LogP contribution in [-0.2, 0) is 5.41 Å². The predicted molar refractivity (Wildman–Crippen MR) is 104 cm³/mol. The van der Waals surface area contributed by atoms with Crippen molar-refractivity contribution in [1.82, 2.24) is 0 Å².